The molecule has 0 aliphatic heterocycles. The molecule has 0 saturated carbocycles. The number of ketones is 1. The van der Waals surface area contributed by atoms with Crippen molar-refractivity contribution in [1.82, 2.24) is 5.32 Å². The third-order valence-corrected chi connectivity index (χ3v) is 2.62. The first-order valence-corrected chi connectivity index (χ1v) is 5.29. The predicted octanol–water partition coefficient (Wildman–Crippen LogP) is 2.63. The van der Waals surface area contributed by atoms with Gasteiger partial charge in [-0.1, -0.05) is 41.5 Å². The molecule has 0 aromatic rings. The van der Waals surface area contributed by atoms with Gasteiger partial charge in [0.2, 0.25) is 0 Å². The molecule has 0 radical (unpaired) electrons. The molecule has 0 rings (SSSR count). The molecule has 0 aromatic carbocycles. The van der Waals surface area contributed by atoms with Gasteiger partial charge in [0.15, 0.2) is 0 Å². The molecule has 1 unspecified atom stereocenters. The Bertz CT molecular complexity index is 195. The van der Waals surface area contributed by atoms with E-state index in [0.717, 1.165) is 0 Å². The Labute approximate surface area is 88.5 Å². The summed E-state index contributed by atoms with van der Waals surface area (Å²) in [6.45, 7) is 12.4. The van der Waals surface area contributed by atoms with Crippen molar-refractivity contribution in [2.24, 2.45) is 10.8 Å². The van der Waals surface area contributed by atoms with E-state index in [1.54, 1.807) is 0 Å². The fourth-order valence-corrected chi connectivity index (χ4v) is 1.33. The van der Waals surface area contributed by atoms with Crippen molar-refractivity contribution >= 4 is 5.78 Å². The summed E-state index contributed by atoms with van der Waals surface area (Å²) >= 11 is 0. The molecule has 0 fully saturated rings. The maximum Gasteiger partial charge on any atom is 0.139 e. The maximum absolute atomic E-state index is 11.8. The van der Waals surface area contributed by atoms with Crippen LogP contribution in [0.5, 0.6) is 0 Å². The van der Waals surface area contributed by atoms with Gasteiger partial charge in [-0.05, 0) is 12.5 Å². The van der Waals surface area contributed by atoms with Gasteiger partial charge in [0, 0.05) is 17.9 Å². The number of rotatable bonds is 3. The molecule has 0 spiro atoms. The van der Waals surface area contributed by atoms with Crippen LogP contribution in [0.25, 0.3) is 0 Å². The van der Waals surface area contributed by atoms with E-state index in [9.17, 15) is 4.79 Å². The van der Waals surface area contributed by atoms with E-state index >= 15 is 0 Å². The first-order chi connectivity index (χ1) is 6.09. The Hall–Kier alpha value is -0.370. The Morgan fingerprint density at radius 3 is 1.79 bits per heavy atom. The Morgan fingerprint density at radius 2 is 1.57 bits per heavy atom. The average Bonchev–Trinajstić information content (AvgIpc) is 1.95. The molecule has 0 aromatic heterocycles. The Balaban J connectivity index is 4.43. The van der Waals surface area contributed by atoms with E-state index in [1.165, 1.54) is 0 Å². The van der Waals surface area contributed by atoms with E-state index in [2.05, 4.69) is 26.1 Å². The largest absolute Gasteiger partial charge is 0.316 e. The molecular formula is C12H25NO. The van der Waals surface area contributed by atoms with Crippen LogP contribution >= 0.6 is 0 Å². The fraction of sp³-hybridized carbons (Fsp3) is 0.917. The van der Waals surface area contributed by atoms with Crippen LogP contribution in [0.4, 0.5) is 0 Å². The van der Waals surface area contributed by atoms with E-state index < -0.39 is 0 Å². The van der Waals surface area contributed by atoms with Crippen molar-refractivity contribution in [2.75, 3.05) is 7.05 Å². The average molecular weight is 199 g/mol. The van der Waals surface area contributed by atoms with Crippen LogP contribution in [0.2, 0.25) is 0 Å². The molecule has 0 bridgehead atoms. The summed E-state index contributed by atoms with van der Waals surface area (Å²) in [7, 11) is 1.92. The molecule has 0 aliphatic carbocycles. The standard InChI is InChI=1S/C12H25NO/c1-11(2,3)9(13-7)8-10(14)12(4,5)6/h9,13H,8H2,1-7H3. The lowest BCUT2D eigenvalue weighted by molar-refractivity contribution is -0.127. The van der Waals surface area contributed by atoms with Crippen molar-refractivity contribution in [3.05, 3.63) is 0 Å². The van der Waals surface area contributed by atoms with E-state index in [0.29, 0.717) is 12.2 Å². The van der Waals surface area contributed by atoms with Crippen LogP contribution in [0.1, 0.15) is 48.0 Å². The molecule has 2 heteroatoms. The van der Waals surface area contributed by atoms with E-state index in [1.807, 2.05) is 27.8 Å². The molecule has 0 heterocycles. The number of Topliss-reactive ketones (excluding diaryl/α,β-unsaturated/α-hetero) is 1. The minimum absolute atomic E-state index is 0.135. The minimum atomic E-state index is -0.222. The van der Waals surface area contributed by atoms with Crippen LogP contribution in [0, 0.1) is 10.8 Å². The minimum Gasteiger partial charge on any atom is -0.316 e. The summed E-state index contributed by atoms with van der Waals surface area (Å²) in [6, 6.07) is 0.259. The Morgan fingerprint density at radius 1 is 1.14 bits per heavy atom. The van der Waals surface area contributed by atoms with Gasteiger partial charge in [-0.2, -0.15) is 0 Å². The number of hydrogen-bond donors (Lipinski definition) is 1. The zero-order valence-corrected chi connectivity index (χ0v) is 10.7. The summed E-state index contributed by atoms with van der Waals surface area (Å²) in [5.41, 5.74) is -0.0873. The van der Waals surface area contributed by atoms with Gasteiger partial charge in [-0.3, -0.25) is 4.79 Å². The van der Waals surface area contributed by atoms with Crippen molar-refractivity contribution in [1.29, 1.82) is 0 Å². The summed E-state index contributed by atoms with van der Waals surface area (Å²) in [5, 5.41) is 3.22. The van der Waals surface area contributed by atoms with Crippen LogP contribution in [-0.2, 0) is 4.79 Å². The number of hydrogen-bond acceptors (Lipinski definition) is 2. The van der Waals surface area contributed by atoms with Gasteiger partial charge < -0.3 is 5.32 Å². The quantitative estimate of drug-likeness (QED) is 0.757. The maximum atomic E-state index is 11.8. The van der Waals surface area contributed by atoms with Gasteiger partial charge >= 0.3 is 0 Å². The van der Waals surface area contributed by atoms with Crippen LogP contribution in [0.15, 0.2) is 0 Å². The summed E-state index contributed by atoms with van der Waals surface area (Å²) < 4.78 is 0. The van der Waals surface area contributed by atoms with Crippen molar-refractivity contribution in [2.45, 2.75) is 54.0 Å². The summed E-state index contributed by atoms with van der Waals surface area (Å²) in [6.07, 6.45) is 0.615. The lowest BCUT2D eigenvalue weighted by Crippen LogP contribution is -2.41. The summed E-state index contributed by atoms with van der Waals surface area (Å²) in [4.78, 5) is 11.8. The van der Waals surface area contributed by atoms with Crippen LogP contribution < -0.4 is 5.32 Å². The highest BCUT2D eigenvalue weighted by Crippen LogP contribution is 2.25. The second-order valence-corrected chi connectivity index (χ2v) is 6.08. The van der Waals surface area contributed by atoms with Gasteiger partial charge in [0.05, 0.1) is 0 Å². The first kappa shape index (κ1) is 13.6. The van der Waals surface area contributed by atoms with Crippen molar-refractivity contribution < 1.29 is 4.79 Å². The Kier molecular flexibility index (Phi) is 4.32. The number of carbonyl (C=O) groups excluding carboxylic acids is 1. The molecule has 14 heavy (non-hydrogen) atoms. The first-order valence-electron chi connectivity index (χ1n) is 5.29. The third kappa shape index (κ3) is 4.23. The van der Waals surface area contributed by atoms with Gasteiger partial charge in [0.1, 0.15) is 5.78 Å². The zero-order valence-electron chi connectivity index (χ0n) is 10.7. The second-order valence-electron chi connectivity index (χ2n) is 6.08. The highest BCUT2D eigenvalue weighted by molar-refractivity contribution is 5.84. The molecule has 0 saturated heterocycles. The van der Waals surface area contributed by atoms with Crippen LogP contribution in [-0.4, -0.2) is 18.9 Å². The smallest absolute Gasteiger partial charge is 0.139 e. The summed E-state index contributed by atoms with van der Waals surface area (Å²) in [5.74, 6) is 0.326. The third-order valence-electron chi connectivity index (χ3n) is 2.62. The molecule has 1 atom stereocenters. The van der Waals surface area contributed by atoms with E-state index in [-0.39, 0.29) is 16.9 Å². The molecule has 2 nitrogen and oxygen atoms in total. The topological polar surface area (TPSA) is 29.1 Å². The molecule has 1 N–H and O–H groups in total. The molecule has 0 aliphatic rings. The highest BCUT2D eigenvalue weighted by atomic mass is 16.1. The lowest BCUT2D eigenvalue weighted by Gasteiger charge is -2.31. The van der Waals surface area contributed by atoms with Gasteiger partial charge in [-0.25, -0.2) is 0 Å². The second kappa shape index (κ2) is 4.43. The van der Waals surface area contributed by atoms with Crippen molar-refractivity contribution in [3.8, 4) is 0 Å². The zero-order chi connectivity index (χ0) is 11.6. The SMILES string of the molecule is CNC(CC(=O)C(C)(C)C)C(C)(C)C. The lowest BCUT2D eigenvalue weighted by atomic mass is 9.79. The van der Waals surface area contributed by atoms with Crippen molar-refractivity contribution in [3.63, 3.8) is 0 Å². The molecule has 84 valence electrons. The predicted molar refractivity (Wildman–Crippen MR) is 61.4 cm³/mol. The molecule has 0 amide bonds. The monoisotopic (exact) mass is 199 g/mol. The van der Waals surface area contributed by atoms with Gasteiger partial charge in [-0.15, -0.1) is 0 Å². The normalized spacial score (nSPS) is 15.4. The van der Waals surface area contributed by atoms with E-state index in [4.69, 9.17) is 0 Å². The number of carbonyl (C=O) groups is 1. The number of nitrogens with one attached hydrogen (secondary N) is 1. The van der Waals surface area contributed by atoms with Gasteiger partial charge in [0.25, 0.3) is 0 Å². The molecular weight excluding hydrogens is 174 g/mol. The van der Waals surface area contributed by atoms with Crippen LogP contribution in [0.3, 0.4) is 0 Å². The highest BCUT2D eigenvalue weighted by Gasteiger charge is 2.29. The fourth-order valence-electron chi connectivity index (χ4n) is 1.33.